The van der Waals surface area contributed by atoms with E-state index in [2.05, 4.69) is 25.3 Å². The molecule has 1 aromatic carbocycles. The van der Waals surface area contributed by atoms with Gasteiger partial charge in [0.1, 0.15) is 5.54 Å². The lowest BCUT2D eigenvalue weighted by Gasteiger charge is -2.22. The number of benzene rings is 1. The predicted octanol–water partition coefficient (Wildman–Crippen LogP) is 1.14. The standard InChI is InChI=1S/C9H11NO2S2/c10-9(5-13,8(11)12)6-1-3-7(14)4-2-6/h1-4,13-14H,5,10H2,(H,11,12)/t9-/m1/s1. The molecule has 1 rings (SSSR count). The van der Waals surface area contributed by atoms with E-state index in [1.807, 2.05) is 0 Å². The fraction of sp³-hybridized carbons (Fsp3) is 0.222. The summed E-state index contributed by atoms with van der Waals surface area (Å²) in [5.74, 6) is -1.03. The van der Waals surface area contributed by atoms with Gasteiger partial charge in [-0.1, -0.05) is 12.1 Å². The normalized spacial score (nSPS) is 14.8. The molecule has 0 aliphatic heterocycles. The molecule has 76 valence electrons. The van der Waals surface area contributed by atoms with Crippen LogP contribution in [-0.4, -0.2) is 16.8 Å². The van der Waals surface area contributed by atoms with Crippen LogP contribution in [0.3, 0.4) is 0 Å². The van der Waals surface area contributed by atoms with Gasteiger partial charge in [0.2, 0.25) is 0 Å². The van der Waals surface area contributed by atoms with Crippen LogP contribution in [0.4, 0.5) is 0 Å². The monoisotopic (exact) mass is 229 g/mol. The molecule has 0 aromatic heterocycles. The molecule has 0 amide bonds. The average Bonchev–Trinajstić information content (AvgIpc) is 2.17. The molecule has 1 atom stereocenters. The number of hydrogen-bond acceptors (Lipinski definition) is 4. The summed E-state index contributed by atoms with van der Waals surface area (Å²) in [6.45, 7) is 0. The first-order valence-corrected chi connectivity index (χ1v) is 5.01. The van der Waals surface area contributed by atoms with Gasteiger partial charge in [-0.05, 0) is 17.7 Å². The molecular formula is C9H11NO2S2. The Hall–Kier alpha value is -0.650. The Morgan fingerprint density at radius 1 is 1.43 bits per heavy atom. The third-order valence-electron chi connectivity index (χ3n) is 2.01. The first kappa shape index (κ1) is 11.4. The Balaban J connectivity index is 3.13. The van der Waals surface area contributed by atoms with Crippen molar-refractivity contribution in [1.82, 2.24) is 0 Å². The molecule has 0 saturated heterocycles. The van der Waals surface area contributed by atoms with Gasteiger partial charge in [0, 0.05) is 10.6 Å². The van der Waals surface area contributed by atoms with Gasteiger partial charge in [-0.3, -0.25) is 0 Å². The molecule has 3 nitrogen and oxygen atoms in total. The largest absolute Gasteiger partial charge is 0.480 e. The lowest BCUT2D eigenvalue weighted by molar-refractivity contribution is -0.142. The summed E-state index contributed by atoms with van der Waals surface area (Å²) in [6, 6.07) is 6.69. The van der Waals surface area contributed by atoms with Gasteiger partial charge >= 0.3 is 5.97 Å². The SMILES string of the molecule is N[C@@](CS)(C(=O)O)c1ccc(S)cc1. The highest BCUT2D eigenvalue weighted by molar-refractivity contribution is 7.80. The molecule has 0 bridgehead atoms. The molecule has 0 saturated carbocycles. The van der Waals surface area contributed by atoms with Crippen LogP contribution in [0.1, 0.15) is 5.56 Å². The first-order chi connectivity index (χ1) is 6.50. The highest BCUT2D eigenvalue weighted by Crippen LogP contribution is 2.21. The molecule has 1 aromatic rings. The Morgan fingerprint density at radius 3 is 2.29 bits per heavy atom. The summed E-state index contributed by atoms with van der Waals surface area (Å²) in [7, 11) is 0. The molecule has 3 N–H and O–H groups in total. The van der Waals surface area contributed by atoms with Crippen LogP contribution < -0.4 is 5.73 Å². The van der Waals surface area contributed by atoms with Crippen molar-refractivity contribution in [2.45, 2.75) is 10.4 Å². The molecule has 0 aliphatic rings. The molecule has 5 heteroatoms. The van der Waals surface area contributed by atoms with Crippen LogP contribution in [0.25, 0.3) is 0 Å². The molecule has 0 aliphatic carbocycles. The second-order valence-electron chi connectivity index (χ2n) is 2.98. The summed E-state index contributed by atoms with van der Waals surface area (Å²) < 4.78 is 0. The smallest absolute Gasteiger partial charge is 0.329 e. The maximum absolute atomic E-state index is 10.9. The Bertz CT molecular complexity index is 339. The lowest BCUT2D eigenvalue weighted by Crippen LogP contribution is -2.46. The van der Waals surface area contributed by atoms with Crippen LogP contribution in [0.5, 0.6) is 0 Å². The molecule has 14 heavy (non-hydrogen) atoms. The Kier molecular flexibility index (Phi) is 3.47. The van der Waals surface area contributed by atoms with Crippen molar-refractivity contribution in [2.24, 2.45) is 5.73 Å². The van der Waals surface area contributed by atoms with Crippen LogP contribution in [-0.2, 0) is 10.3 Å². The second kappa shape index (κ2) is 4.25. The molecule has 0 spiro atoms. The van der Waals surface area contributed by atoms with Gasteiger partial charge in [0.25, 0.3) is 0 Å². The van der Waals surface area contributed by atoms with Gasteiger partial charge < -0.3 is 10.8 Å². The molecular weight excluding hydrogens is 218 g/mol. The second-order valence-corrected chi connectivity index (χ2v) is 3.81. The van der Waals surface area contributed by atoms with E-state index in [1.165, 1.54) is 0 Å². The summed E-state index contributed by atoms with van der Waals surface area (Å²) in [4.78, 5) is 11.7. The fourth-order valence-corrected chi connectivity index (χ4v) is 1.51. The van der Waals surface area contributed by atoms with E-state index in [1.54, 1.807) is 24.3 Å². The van der Waals surface area contributed by atoms with E-state index in [0.717, 1.165) is 4.90 Å². The summed E-state index contributed by atoms with van der Waals surface area (Å²) in [6.07, 6.45) is 0. The number of carboxylic acids is 1. The van der Waals surface area contributed by atoms with Gasteiger partial charge in [0.15, 0.2) is 0 Å². The van der Waals surface area contributed by atoms with Crippen LogP contribution >= 0.6 is 25.3 Å². The van der Waals surface area contributed by atoms with Gasteiger partial charge in [0.05, 0.1) is 0 Å². The molecule has 0 unspecified atom stereocenters. The van der Waals surface area contributed by atoms with E-state index >= 15 is 0 Å². The molecule has 0 radical (unpaired) electrons. The van der Waals surface area contributed by atoms with Crippen molar-refractivity contribution >= 4 is 31.2 Å². The lowest BCUT2D eigenvalue weighted by atomic mass is 9.93. The Labute approximate surface area is 93.1 Å². The fourth-order valence-electron chi connectivity index (χ4n) is 1.04. The number of hydrogen-bond donors (Lipinski definition) is 4. The van der Waals surface area contributed by atoms with Crippen molar-refractivity contribution in [2.75, 3.05) is 5.75 Å². The van der Waals surface area contributed by atoms with Crippen molar-refractivity contribution in [3.8, 4) is 0 Å². The van der Waals surface area contributed by atoms with E-state index < -0.39 is 11.5 Å². The molecule has 0 fully saturated rings. The average molecular weight is 229 g/mol. The van der Waals surface area contributed by atoms with Crippen LogP contribution in [0.2, 0.25) is 0 Å². The van der Waals surface area contributed by atoms with E-state index in [4.69, 9.17) is 10.8 Å². The minimum absolute atomic E-state index is 0.0499. The Morgan fingerprint density at radius 2 is 1.93 bits per heavy atom. The maximum Gasteiger partial charge on any atom is 0.329 e. The maximum atomic E-state index is 10.9. The first-order valence-electron chi connectivity index (χ1n) is 3.93. The number of thiol groups is 2. The van der Waals surface area contributed by atoms with E-state index in [0.29, 0.717) is 5.56 Å². The third-order valence-corrected chi connectivity index (χ3v) is 2.81. The summed E-state index contributed by atoms with van der Waals surface area (Å²) in [5.41, 5.74) is 4.81. The number of aliphatic carboxylic acids is 1. The van der Waals surface area contributed by atoms with Crippen LogP contribution in [0, 0.1) is 0 Å². The predicted molar refractivity (Wildman–Crippen MR) is 61.0 cm³/mol. The number of carbonyl (C=O) groups is 1. The third kappa shape index (κ3) is 2.05. The van der Waals surface area contributed by atoms with Gasteiger partial charge in [-0.2, -0.15) is 12.6 Å². The van der Waals surface area contributed by atoms with Crippen molar-refractivity contribution < 1.29 is 9.90 Å². The van der Waals surface area contributed by atoms with Crippen LogP contribution in [0.15, 0.2) is 29.2 Å². The quantitative estimate of drug-likeness (QED) is 0.588. The number of carboxylic acid groups (broad SMARTS) is 1. The topological polar surface area (TPSA) is 63.3 Å². The van der Waals surface area contributed by atoms with Crippen molar-refractivity contribution in [3.63, 3.8) is 0 Å². The summed E-state index contributed by atoms with van der Waals surface area (Å²) in [5, 5.41) is 8.96. The minimum Gasteiger partial charge on any atom is -0.480 e. The van der Waals surface area contributed by atoms with Crippen molar-refractivity contribution in [1.29, 1.82) is 0 Å². The molecule has 0 heterocycles. The van der Waals surface area contributed by atoms with E-state index in [9.17, 15) is 4.79 Å². The summed E-state index contributed by atoms with van der Waals surface area (Å²) >= 11 is 8.05. The zero-order valence-corrected chi connectivity index (χ0v) is 9.13. The number of nitrogens with two attached hydrogens (primary N) is 1. The number of rotatable bonds is 3. The highest BCUT2D eigenvalue weighted by atomic mass is 32.1. The zero-order chi connectivity index (χ0) is 10.8. The highest BCUT2D eigenvalue weighted by Gasteiger charge is 2.34. The van der Waals surface area contributed by atoms with Gasteiger partial charge in [-0.15, -0.1) is 12.6 Å². The van der Waals surface area contributed by atoms with Crippen molar-refractivity contribution in [3.05, 3.63) is 29.8 Å². The van der Waals surface area contributed by atoms with E-state index in [-0.39, 0.29) is 5.75 Å². The zero-order valence-electron chi connectivity index (χ0n) is 7.34. The van der Waals surface area contributed by atoms with Gasteiger partial charge in [-0.25, -0.2) is 4.79 Å². The minimum atomic E-state index is -1.43.